The number of carbonyl (C=O) groups excluding carboxylic acids is 1. The number of ether oxygens (including phenoxy) is 1. The van der Waals surface area contributed by atoms with Crippen molar-refractivity contribution in [3.8, 4) is 5.75 Å². The lowest BCUT2D eigenvalue weighted by Crippen LogP contribution is -2.53. The van der Waals surface area contributed by atoms with Gasteiger partial charge < -0.3 is 4.74 Å². The first-order valence-electron chi connectivity index (χ1n) is 9.13. The summed E-state index contributed by atoms with van der Waals surface area (Å²) < 4.78 is 45.9. The van der Waals surface area contributed by atoms with Crippen molar-refractivity contribution in [2.45, 2.75) is 60.6 Å². The summed E-state index contributed by atoms with van der Waals surface area (Å²) in [5, 5.41) is 0. The van der Waals surface area contributed by atoms with E-state index in [4.69, 9.17) is 4.74 Å². The highest BCUT2D eigenvalue weighted by atomic mass is 19.4. The zero-order valence-corrected chi connectivity index (χ0v) is 16.9. The van der Waals surface area contributed by atoms with Gasteiger partial charge in [-0.3, -0.25) is 4.79 Å². The van der Waals surface area contributed by atoms with Crippen LogP contribution in [0.25, 0.3) is 5.57 Å². The van der Waals surface area contributed by atoms with Crippen LogP contribution in [0.3, 0.4) is 0 Å². The molecule has 0 saturated carbocycles. The lowest BCUT2D eigenvalue weighted by molar-refractivity contribution is -0.250. The predicted octanol–water partition coefficient (Wildman–Crippen LogP) is 6.97. The first-order valence-corrected chi connectivity index (χ1v) is 9.13. The quantitative estimate of drug-likeness (QED) is 0.302. The van der Waals surface area contributed by atoms with Gasteiger partial charge in [0.05, 0.1) is 0 Å². The number of halogens is 3. The third-order valence-corrected chi connectivity index (χ3v) is 4.96. The molecule has 2 nitrogen and oxygen atoms in total. The molecule has 1 rings (SSSR count). The van der Waals surface area contributed by atoms with Crippen LogP contribution < -0.4 is 4.74 Å². The Labute approximate surface area is 160 Å². The molecule has 0 aliphatic heterocycles. The van der Waals surface area contributed by atoms with E-state index in [0.717, 1.165) is 30.9 Å². The van der Waals surface area contributed by atoms with E-state index in [1.807, 2.05) is 32.1 Å². The summed E-state index contributed by atoms with van der Waals surface area (Å²) in [5.41, 5.74) is -1.93. The van der Waals surface area contributed by atoms with Crippen molar-refractivity contribution in [1.82, 2.24) is 0 Å². The average molecular weight is 382 g/mol. The highest BCUT2D eigenvalue weighted by molar-refractivity contribution is 5.81. The summed E-state index contributed by atoms with van der Waals surface area (Å²) >= 11 is 0. The van der Waals surface area contributed by atoms with Crippen molar-refractivity contribution in [3.05, 3.63) is 48.1 Å². The van der Waals surface area contributed by atoms with Gasteiger partial charge in [0.2, 0.25) is 0 Å². The molecular weight excluding hydrogens is 353 g/mol. The highest BCUT2D eigenvalue weighted by Gasteiger charge is 2.64. The van der Waals surface area contributed by atoms with Crippen LogP contribution in [0.2, 0.25) is 0 Å². The molecular formula is C22H29F3O2. The van der Waals surface area contributed by atoms with Gasteiger partial charge >= 0.3 is 12.1 Å². The monoisotopic (exact) mass is 382 g/mol. The molecule has 0 fully saturated rings. The number of benzene rings is 1. The number of hydrogen-bond donors (Lipinski definition) is 0. The number of esters is 1. The van der Waals surface area contributed by atoms with Gasteiger partial charge in [0, 0.05) is 0 Å². The molecule has 1 atom stereocenters. The van der Waals surface area contributed by atoms with Gasteiger partial charge in [-0.15, -0.1) is 0 Å². The van der Waals surface area contributed by atoms with Crippen LogP contribution in [0.4, 0.5) is 13.2 Å². The first kappa shape index (κ1) is 23.0. The summed E-state index contributed by atoms with van der Waals surface area (Å²) in [6.45, 7) is 9.11. The zero-order chi connectivity index (χ0) is 20.9. The smallest absolute Gasteiger partial charge is 0.405 e. The molecule has 0 saturated heterocycles. The molecule has 5 heteroatoms. The maximum atomic E-state index is 13.6. The Morgan fingerprint density at radius 1 is 1.04 bits per heavy atom. The summed E-state index contributed by atoms with van der Waals surface area (Å²) in [6.07, 6.45) is 3.05. The summed E-state index contributed by atoms with van der Waals surface area (Å²) in [6, 6.07) is 6.55. The molecule has 150 valence electrons. The molecule has 0 amide bonds. The molecule has 0 radical (unpaired) electrons. The Kier molecular flexibility index (Phi) is 7.47. The van der Waals surface area contributed by atoms with E-state index >= 15 is 0 Å². The van der Waals surface area contributed by atoms with Crippen LogP contribution in [-0.2, 0) is 4.79 Å². The van der Waals surface area contributed by atoms with Crippen LogP contribution in [-0.4, -0.2) is 12.1 Å². The van der Waals surface area contributed by atoms with Crippen molar-refractivity contribution < 1.29 is 22.7 Å². The van der Waals surface area contributed by atoms with Gasteiger partial charge in [0.15, 0.2) is 5.41 Å². The molecule has 0 heterocycles. The molecule has 1 aromatic rings. The molecule has 0 aliphatic rings. The van der Waals surface area contributed by atoms with Crippen LogP contribution in [0.1, 0.15) is 59.9 Å². The second-order valence-electron chi connectivity index (χ2n) is 7.67. The normalized spacial score (nSPS) is 15.7. The predicted molar refractivity (Wildman–Crippen MR) is 103 cm³/mol. The summed E-state index contributed by atoms with van der Waals surface area (Å²) in [4.78, 5) is 12.4. The number of allylic oxidation sites excluding steroid dienone is 4. The number of hydrogen-bond acceptors (Lipinski definition) is 2. The van der Waals surface area contributed by atoms with Crippen LogP contribution in [0.15, 0.2) is 42.5 Å². The standard InChI is InChI=1S/C22H29F3O2/c1-7-9-10-11-16(8-2)17-12-14-18(15-13-17)27-19(26)21(6,20(3,4)5)22(23,24)25/h9-15H,7-8H2,1-6H3/b10-9-,16-11+. The largest absolute Gasteiger partial charge is 0.426 e. The second-order valence-corrected chi connectivity index (χ2v) is 7.67. The van der Waals surface area contributed by atoms with Gasteiger partial charge in [0.1, 0.15) is 5.75 Å². The molecule has 0 aliphatic carbocycles. The zero-order valence-electron chi connectivity index (χ0n) is 16.9. The highest BCUT2D eigenvalue weighted by Crippen LogP contribution is 2.51. The summed E-state index contributed by atoms with van der Waals surface area (Å²) in [5.74, 6) is -1.20. The van der Waals surface area contributed by atoms with E-state index in [1.54, 1.807) is 12.1 Å². The second kappa shape index (κ2) is 8.77. The van der Waals surface area contributed by atoms with Gasteiger partial charge in [0.25, 0.3) is 0 Å². The third kappa shape index (κ3) is 5.24. The molecule has 1 unspecified atom stereocenters. The molecule has 27 heavy (non-hydrogen) atoms. The van der Waals surface area contributed by atoms with E-state index in [1.165, 1.54) is 32.9 Å². The molecule has 0 N–H and O–H groups in total. The van der Waals surface area contributed by atoms with Crippen LogP contribution in [0, 0.1) is 10.8 Å². The molecule has 0 aromatic heterocycles. The minimum absolute atomic E-state index is 0.100. The van der Waals surface area contributed by atoms with Crippen molar-refractivity contribution in [2.75, 3.05) is 0 Å². The fourth-order valence-electron chi connectivity index (χ4n) is 2.53. The average Bonchev–Trinajstić information content (AvgIpc) is 2.57. The van der Waals surface area contributed by atoms with Gasteiger partial charge in [-0.1, -0.05) is 65.0 Å². The topological polar surface area (TPSA) is 26.3 Å². The minimum atomic E-state index is -4.72. The van der Waals surface area contributed by atoms with E-state index in [0.29, 0.717) is 0 Å². The maximum absolute atomic E-state index is 13.6. The third-order valence-electron chi connectivity index (χ3n) is 4.96. The van der Waals surface area contributed by atoms with Gasteiger partial charge in [-0.25, -0.2) is 0 Å². The lowest BCUT2D eigenvalue weighted by atomic mass is 9.67. The van der Waals surface area contributed by atoms with E-state index in [2.05, 4.69) is 0 Å². The fourth-order valence-corrected chi connectivity index (χ4v) is 2.53. The van der Waals surface area contributed by atoms with E-state index in [9.17, 15) is 18.0 Å². The molecule has 0 spiro atoms. The SMILES string of the molecule is CC/C=C\C=C(/CC)c1ccc(OC(=O)C(C)(C(C)(C)C)C(F)(F)F)cc1. The first-order chi connectivity index (χ1) is 12.4. The van der Waals surface area contributed by atoms with Crippen LogP contribution >= 0.6 is 0 Å². The summed E-state index contributed by atoms with van der Waals surface area (Å²) in [7, 11) is 0. The van der Waals surface area contributed by atoms with E-state index in [-0.39, 0.29) is 5.75 Å². The Morgan fingerprint density at radius 2 is 1.59 bits per heavy atom. The lowest BCUT2D eigenvalue weighted by Gasteiger charge is -2.40. The Bertz CT molecular complexity index is 676. The number of carbonyl (C=O) groups is 1. The van der Waals surface area contributed by atoms with Crippen molar-refractivity contribution >= 4 is 11.5 Å². The Morgan fingerprint density at radius 3 is 2.00 bits per heavy atom. The number of alkyl halides is 3. The van der Waals surface area contributed by atoms with Gasteiger partial charge in [-0.2, -0.15) is 13.2 Å². The van der Waals surface area contributed by atoms with Crippen molar-refractivity contribution in [3.63, 3.8) is 0 Å². The molecule has 0 bridgehead atoms. The maximum Gasteiger partial charge on any atom is 0.405 e. The molecule has 1 aromatic carbocycles. The Balaban J connectivity index is 3.08. The van der Waals surface area contributed by atoms with Crippen molar-refractivity contribution in [2.24, 2.45) is 10.8 Å². The Hall–Kier alpha value is -2.04. The fraction of sp³-hybridized carbons (Fsp3) is 0.500. The number of rotatable bonds is 6. The van der Waals surface area contributed by atoms with Gasteiger partial charge in [-0.05, 0) is 48.4 Å². The van der Waals surface area contributed by atoms with Crippen molar-refractivity contribution in [1.29, 1.82) is 0 Å². The van der Waals surface area contributed by atoms with Crippen LogP contribution in [0.5, 0.6) is 5.75 Å². The van der Waals surface area contributed by atoms with E-state index < -0.39 is 23.0 Å². The minimum Gasteiger partial charge on any atom is -0.426 e.